The first-order chi connectivity index (χ1) is 7.18. The minimum absolute atomic E-state index is 0.0350. The Labute approximate surface area is 93.6 Å². The van der Waals surface area contributed by atoms with Crippen LogP contribution in [-0.4, -0.2) is 9.55 Å². The maximum atomic E-state index is 5.87. The molecule has 0 aliphatic carbocycles. The normalized spacial score (nSPS) is 13.0. The van der Waals surface area contributed by atoms with E-state index in [0.717, 1.165) is 12.2 Å². The van der Waals surface area contributed by atoms with Crippen molar-refractivity contribution < 1.29 is 0 Å². The molecular formula is C11H15N3S. The summed E-state index contributed by atoms with van der Waals surface area (Å²) in [5.41, 5.74) is 8.29. The minimum Gasteiger partial charge on any atom is -0.328 e. The van der Waals surface area contributed by atoms with Crippen LogP contribution >= 0.6 is 11.3 Å². The van der Waals surface area contributed by atoms with E-state index in [1.807, 2.05) is 19.4 Å². The van der Waals surface area contributed by atoms with Gasteiger partial charge in [-0.2, -0.15) is 0 Å². The molecule has 0 aliphatic heterocycles. The number of hydrogen-bond donors (Lipinski definition) is 1. The van der Waals surface area contributed by atoms with Crippen molar-refractivity contribution in [2.45, 2.75) is 26.4 Å². The third-order valence-corrected chi connectivity index (χ3v) is 3.50. The molecule has 0 radical (unpaired) electrons. The second-order valence-corrected chi connectivity index (χ2v) is 4.76. The molecule has 2 N–H and O–H groups in total. The van der Waals surface area contributed by atoms with Crippen LogP contribution in [0.2, 0.25) is 0 Å². The lowest BCUT2D eigenvalue weighted by Gasteiger charge is -2.10. The number of imidazole rings is 1. The number of nitrogens with two attached hydrogens (primary N) is 1. The Morgan fingerprint density at radius 3 is 3.00 bits per heavy atom. The molecular weight excluding hydrogens is 206 g/mol. The Balaban J connectivity index is 2.25. The lowest BCUT2D eigenvalue weighted by atomic mass is 10.2. The molecule has 1 atom stereocenters. The molecule has 2 aromatic rings. The molecule has 0 aromatic carbocycles. The van der Waals surface area contributed by atoms with Crippen LogP contribution in [0.15, 0.2) is 24.0 Å². The summed E-state index contributed by atoms with van der Waals surface area (Å²) in [5.74, 6) is 0. The average Bonchev–Trinajstić information content (AvgIpc) is 2.77. The summed E-state index contributed by atoms with van der Waals surface area (Å²) >= 11 is 1.78. The highest BCUT2D eigenvalue weighted by molar-refractivity contribution is 7.10. The number of rotatable bonds is 3. The fourth-order valence-corrected chi connectivity index (χ4v) is 2.47. The molecule has 4 heteroatoms. The van der Waals surface area contributed by atoms with Crippen molar-refractivity contribution in [1.82, 2.24) is 9.55 Å². The highest BCUT2D eigenvalue weighted by atomic mass is 32.1. The van der Waals surface area contributed by atoms with Gasteiger partial charge in [0, 0.05) is 17.1 Å². The second-order valence-electron chi connectivity index (χ2n) is 3.76. The van der Waals surface area contributed by atoms with Gasteiger partial charge in [0.1, 0.15) is 0 Å². The molecule has 15 heavy (non-hydrogen) atoms. The zero-order valence-corrected chi connectivity index (χ0v) is 9.79. The van der Waals surface area contributed by atoms with Crippen molar-refractivity contribution in [3.63, 3.8) is 0 Å². The van der Waals surface area contributed by atoms with Crippen molar-refractivity contribution in [2.75, 3.05) is 0 Å². The first-order valence-corrected chi connectivity index (χ1v) is 5.85. The zero-order chi connectivity index (χ0) is 10.8. The van der Waals surface area contributed by atoms with E-state index in [9.17, 15) is 0 Å². The molecule has 3 nitrogen and oxygen atoms in total. The number of nitrogens with zero attached hydrogens (tertiary/aromatic N) is 2. The van der Waals surface area contributed by atoms with Crippen molar-refractivity contribution in [2.24, 2.45) is 5.73 Å². The van der Waals surface area contributed by atoms with E-state index in [1.54, 1.807) is 11.3 Å². The molecule has 0 aliphatic rings. The van der Waals surface area contributed by atoms with Gasteiger partial charge in [-0.3, -0.25) is 0 Å². The van der Waals surface area contributed by atoms with E-state index in [2.05, 4.69) is 27.9 Å². The van der Waals surface area contributed by atoms with Crippen LogP contribution in [0.3, 0.4) is 0 Å². The summed E-state index contributed by atoms with van der Waals surface area (Å²) in [6.07, 6.45) is 3.69. The zero-order valence-electron chi connectivity index (χ0n) is 8.97. The Hall–Kier alpha value is -1.13. The Kier molecular flexibility index (Phi) is 2.88. The van der Waals surface area contributed by atoms with Crippen molar-refractivity contribution in [3.05, 3.63) is 40.1 Å². The molecule has 0 fully saturated rings. The molecule has 0 saturated carbocycles. The predicted octanol–water partition coefficient (Wildman–Crippen LogP) is 2.32. The molecule has 2 heterocycles. The SMILES string of the molecule is Cc1ccsc1Cn1cncc1[C@@H](C)N. The summed E-state index contributed by atoms with van der Waals surface area (Å²) in [7, 11) is 0. The summed E-state index contributed by atoms with van der Waals surface area (Å²) in [6, 6.07) is 2.18. The maximum absolute atomic E-state index is 5.87. The van der Waals surface area contributed by atoms with E-state index >= 15 is 0 Å². The predicted molar refractivity (Wildman–Crippen MR) is 63.0 cm³/mol. The largest absolute Gasteiger partial charge is 0.328 e. The molecule has 2 rings (SSSR count). The van der Waals surface area contributed by atoms with Gasteiger partial charge in [0.2, 0.25) is 0 Å². The van der Waals surface area contributed by atoms with Crippen LogP contribution in [-0.2, 0) is 6.54 Å². The van der Waals surface area contributed by atoms with E-state index in [1.165, 1.54) is 10.4 Å². The molecule has 2 aromatic heterocycles. The van der Waals surface area contributed by atoms with E-state index in [-0.39, 0.29) is 6.04 Å². The van der Waals surface area contributed by atoms with Crippen LogP contribution in [0.25, 0.3) is 0 Å². The van der Waals surface area contributed by atoms with Crippen LogP contribution in [0.1, 0.15) is 29.1 Å². The number of hydrogen-bond acceptors (Lipinski definition) is 3. The van der Waals surface area contributed by atoms with Crippen LogP contribution in [0, 0.1) is 6.92 Å². The van der Waals surface area contributed by atoms with Gasteiger partial charge in [0.25, 0.3) is 0 Å². The highest BCUT2D eigenvalue weighted by Crippen LogP contribution is 2.19. The van der Waals surface area contributed by atoms with Gasteiger partial charge >= 0.3 is 0 Å². The molecule has 0 bridgehead atoms. The third kappa shape index (κ3) is 2.11. The second kappa shape index (κ2) is 4.16. The summed E-state index contributed by atoms with van der Waals surface area (Å²) in [5, 5.41) is 2.12. The highest BCUT2D eigenvalue weighted by Gasteiger charge is 2.08. The number of aromatic nitrogens is 2. The smallest absolute Gasteiger partial charge is 0.0952 e. The van der Waals surface area contributed by atoms with E-state index in [0.29, 0.717) is 0 Å². The molecule has 0 spiro atoms. The summed E-state index contributed by atoms with van der Waals surface area (Å²) in [6.45, 7) is 4.99. The van der Waals surface area contributed by atoms with Crippen molar-refractivity contribution in [1.29, 1.82) is 0 Å². The van der Waals surface area contributed by atoms with Crippen molar-refractivity contribution in [3.8, 4) is 0 Å². The standard InChI is InChI=1S/C11H15N3S/c1-8-3-4-15-11(8)6-14-7-13-5-10(14)9(2)12/h3-5,7,9H,6,12H2,1-2H3/t9-/m1/s1. The van der Waals surface area contributed by atoms with Gasteiger partial charge in [-0.15, -0.1) is 11.3 Å². The van der Waals surface area contributed by atoms with Crippen molar-refractivity contribution >= 4 is 11.3 Å². The molecule has 0 unspecified atom stereocenters. The number of thiophene rings is 1. The quantitative estimate of drug-likeness (QED) is 0.864. The minimum atomic E-state index is 0.0350. The fourth-order valence-electron chi connectivity index (χ4n) is 1.56. The first-order valence-electron chi connectivity index (χ1n) is 4.97. The Morgan fingerprint density at radius 1 is 1.60 bits per heavy atom. The van der Waals surface area contributed by atoms with Crippen LogP contribution < -0.4 is 5.73 Å². The monoisotopic (exact) mass is 221 g/mol. The molecule has 0 saturated heterocycles. The fraction of sp³-hybridized carbons (Fsp3) is 0.364. The summed E-state index contributed by atoms with van der Waals surface area (Å²) < 4.78 is 2.11. The average molecular weight is 221 g/mol. The topological polar surface area (TPSA) is 43.8 Å². The van der Waals surface area contributed by atoms with Gasteiger partial charge in [-0.1, -0.05) is 0 Å². The van der Waals surface area contributed by atoms with Gasteiger partial charge < -0.3 is 10.3 Å². The first kappa shape index (κ1) is 10.4. The maximum Gasteiger partial charge on any atom is 0.0952 e. The van der Waals surface area contributed by atoms with Crippen LogP contribution in [0.5, 0.6) is 0 Å². The van der Waals surface area contributed by atoms with E-state index in [4.69, 9.17) is 5.73 Å². The Bertz CT molecular complexity index is 442. The lowest BCUT2D eigenvalue weighted by molar-refractivity contribution is 0.678. The summed E-state index contributed by atoms with van der Waals surface area (Å²) in [4.78, 5) is 5.51. The molecule has 0 amide bonds. The van der Waals surface area contributed by atoms with Gasteiger partial charge in [-0.05, 0) is 30.9 Å². The van der Waals surface area contributed by atoms with Gasteiger partial charge in [0.05, 0.1) is 18.6 Å². The van der Waals surface area contributed by atoms with Gasteiger partial charge in [0.15, 0.2) is 0 Å². The number of aryl methyl sites for hydroxylation is 1. The lowest BCUT2D eigenvalue weighted by Crippen LogP contribution is -2.12. The molecule has 80 valence electrons. The van der Waals surface area contributed by atoms with Gasteiger partial charge in [-0.25, -0.2) is 4.98 Å². The van der Waals surface area contributed by atoms with E-state index < -0.39 is 0 Å². The Morgan fingerprint density at radius 2 is 2.40 bits per heavy atom. The third-order valence-electron chi connectivity index (χ3n) is 2.49. The van der Waals surface area contributed by atoms with Crippen LogP contribution in [0.4, 0.5) is 0 Å².